The SMILES string of the molecule is C[C@@H]1C[C@H](C)CN(CCCNC(=O)c2ccc3c(c2)N(Cc2ccccc2)CCS3)C1. The van der Waals surface area contributed by atoms with Gasteiger partial charge in [0.25, 0.3) is 5.91 Å². The van der Waals surface area contributed by atoms with E-state index in [1.807, 2.05) is 17.8 Å². The largest absolute Gasteiger partial charge is 0.365 e. The van der Waals surface area contributed by atoms with Crippen LogP contribution in [0.1, 0.15) is 42.6 Å². The number of rotatable bonds is 7. The molecule has 2 aromatic carbocycles. The van der Waals surface area contributed by atoms with Gasteiger partial charge in [-0.05, 0) is 55.0 Å². The molecule has 0 bridgehead atoms. The normalized spacial score (nSPS) is 21.5. The Morgan fingerprint density at radius 3 is 2.65 bits per heavy atom. The number of carbonyl (C=O) groups excluding carboxylic acids is 1. The standard InChI is InChI=1S/C26H35N3OS/c1-20-15-21(2)18-28(17-20)12-6-11-27-26(30)23-9-10-25-24(16-23)29(13-14-31-25)19-22-7-4-3-5-8-22/h3-5,7-10,16,20-21H,6,11-15,17-19H2,1-2H3,(H,27,30)/t20-,21+. The molecular formula is C26H35N3OS. The van der Waals surface area contributed by atoms with Crippen LogP contribution in [-0.4, -0.2) is 49.3 Å². The number of thioether (sulfide) groups is 1. The average Bonchev–Trinajstić information content (AvgIpc) is 2.76. The summed E-state index contributed by atoms with van der Waals surface area (Å²) >= 11 is 1.88. The zero-order chi connectivity index (χ0) is 21.6. The molecule has 4 nitrogen and oxygen atoms in total. The molecule has 0 spiro atoms. The van der Waals surface area contributed by atoms with Crippen molar-refractivity contribution in [2.24, 2.45) is 11.8 Å². The summed E-state index contributed by atoms with van der Waals surface area (Å²) in [6, 6.07) is 16.7. The van der Waals surface area contributed by atoms with Crippen LogP contribution in [0, 0.1) is 11.8 Å². The topological polar surface area (TPSA) is 35.6 Å². The molecule has 0 saturated carbocycles. The highest BCUT2D eigenvalue weighted by Gasteiger charge is 2.22. The summed E-state index contributed by atoms with van der Waals surface area (Å²) in [7, 11) is 0. The van der Waals surface area contributed by atoms with Crippen molar-refractivity contribution in [3.05, 3.63) is 59.7 Å². The van der Waals surface area contributed by atoms with Crippen LogP contribution in [0.3, 0.4) is 0 Å². The smallest absolute Gasteiger partial charge is 0.251 e. The maximum Gasteiger partial charge on any atom is 0.251 e. The first-order chi connectivity index (χ1) is 15.1. The van der Waals surface area contributed by atoms with Crippen LogP contribution in [0.5, 0.6) is 0 Å². The van der Waals surface area contributed by atoms with Gasteiger partial charge in [-0.3, -0.25) is 4.79 Å². The number of amides is 1. The Morgan fingerprint density at radius 1 is 1.10 bits per heavy atom. The fourth-order valence-corrected chi connectivity index (χ4v) is 6.00. The number of likely N-dealkylation sites (tertiary alicyclic amines) is 1. The van der Waals surface area contributed by atoms with Gasteiger partial charge in [-0.15, -0.1) is 11.8 Å². The van der Waals surface area contributed by atoms with E-state index in [-0.39, 0.29) is 5.91 Å². The van der Waals surface area contributed by atoms with Crippen LogP contribution in [0.2, 0.25) is 0 Å². The van der Waals surface area contributed by atoms with Gasteiger partial charge < -0.3 is 15.1 Å². The molecule has 0 unspecified atom stereocenters. The molecule has 5 heteroatoms. The summed E-state index contributed by atoms with van der Waals surface area (Å²) in [5.41, 5.74) is 3.25. The highest BCUT2D eigenvalue weighted by molar-refractivity contribution is 7.99. The number of nitrogens with zero attached hydrogens (tertiary/aromatic N) is 2. The Kier molecular flexibility index (Phi) is 7.57. The lowest BCUT2D eigenvalue weighted by Gasteiger charge is -2.34. The molecule has 1 amide bonds. The third kappa shape index (κ3) is 6.05. The van der Waals surface area contributed by atoms with Crippen molar-refractivity contribution >= 4 is 23.4 Å². The van der Waals surface area contributed by atoms with Crippen LogP contribution in [0.25, 0.3) is 0 Å². The maximum atomic E-state index is 12.8. The summed E-state index contributed by atoms with van der Waals surface area (Å²) < 4.78 is 0. The lowest BCUT2D eigenvalue weighted by molar-refractivity contribution is 0.0947. The summed E-state index contributed by atoms with van der Waals surface area (Å²) in [5, 5.41) is 3.14. The molecule has 2 atom stereocenters. The first-order valence-corrected chi connectivity index (χ1v) is 12.6. The molecule has 0 aliphatic carbocycles. The van der Waals surface area contributed by atoms with Gasteiger partial charge in [0, 0.05) is 48.9 Å². The molecule has 31 heavy (non-hydrogen) atoms. The predicted octanol–water partition coefficient (Wildman–Crippen LogP) is 4.90. The molecular weight excluding hydrogens is 402 g/mol. The molecule has 2 aliphatic rings. The summed E-state index contributed by atoms with van der Waals surface area (Å²) in [4.78, 5) is 19.0. The van der Waals surface area contributed by atoms with E-state index in [0.29, 0.717) is 0 Å². The number of piperidine rings is 1. The second-order valence-corrected chi connectivity index (χ2v) is 10.4. The van der Waals surface area contributed by atoms with Crippen molar-refractivity contribution < 1.29 is 4.79 Å². The lowest BCUT2D eigenvalue weighted by atomic mass is 9.92. The van der Waals surface area contributed by atoms with Gasteiger partial charge in [0.05, 0.1) is 5.69 Å². The number of nitrogens with one attached hydrogen (secondary N) is 1. The van der Waals surface area contributed by atoms with E-state index < -0.39 is 0 Å². The highest BCUT2D eigenvalue weighted by atomic mass is 32.2. The number of hydrogen-bond acceptors (Lipinski definition) is 4. The van der Waals surface area contributed by atoms with Gasteiger partial charge in [0.15, 0.2) is 0 Å². The average molecular weight is 438 g/mol. The van der Waals surface area contributed by atoms with Gasteiger partial charge in [0.1, 0.15) is 0 Å². The third-order valence-corrected chi connectivity index (χ3v) is 7.32. The Morgan fingerprint density at radius 2 is 1.87 bits per heavy atom. The van der Waals surface area contributed by atoms with Crippen LogP contribution < -0.4 is 10.2 Å². The quantitative estimate of drug-likeness (QED) is 0.625. The van der Waals surface area contributed by atoms with E-state index in [1.165, 1.54) is 35.7 Å². The second kappa shape index (κ2) is 10.6. The van der Waals surface area contributed by atoms with E-state index >= 15 is 0 Å². The van der Waals surface area contributed by atoms with Crippen molar-refractivity contribution in [2.75, 3.05) is 43.4 Å². The van der Waals surface area contributed by atoms with Crippen LogP contribution >= 0.6 is 11.8 Å². The summed E-state index contributed by atoms with van der Waals surface area (Å²) in [6.07, 6.45) is 2.34. The summed E-state index contributed by atoms with van der Waals surface area (Å²) in [6.45, 7) is 10.8. The number of fused-ring (bicyclic) bond motifs is 1. The molecule has 2 heterocycles. The van der Waals surface area contributed by atoms with Crippen LogP contribution in [0.4, 0.5) is 5.69 Å². The molecule has 166 valence electrons. The summed E-state index contributed by atoms with van der Waals surface area (Å²) in [5.74, 6) is 2.69. The van der Waals surface area contributed by atoms with Crippen LogP contribution in [-0.2, 0) is 6.54 Å². The number of hydrogen-bond donors (Lipinski definition) is 1. The maximum absolute atomic E-state index is 12.8. The number of benzene rings is 2. The highest BCUT2D eigenvalue weighted by Crippen LogP contribution is 2.36. The predicted molar refractivity (Wildman–Crippen MR) is 131 cm³/mol. The van der Waals surface area contributed by atoms with E-state index in [0.717, 1.165) is 55.8 Å². The first kappa shape index (κ1) is 22.2. The number of carbonyl (C=O) groups is 1. The van der Waals surface area contributed by atoms with Crippen molar-refractivity contribution in [1.82, 2.24) is 10.2 Å². The van der Waals surface area contributed by atoms with Crippen molar-refractivity contribution in [3.63, 3.8) is 0 Å². The zero-order valence-electron chi connectivity index (χ0n) is 18.8. The van der Waals surface area contributed by atoms with Gasteiger partial charge in [-0.1, -0.05) is 44.2 Å². The fourth-order valence-electron chi connectivity index (χ4n) is 4.96. The van der Waals surface area contributed by atoms with Crippen molar-refractivity contribution in [3.8, 4) is 0 Å². The third-order valence-electron chi connectivity index (χ3n) is 6.28. The second-order valence-electron chi connectivity index (χ2n) is 9.25. The monoisotopic (exact) mass is 437 g/mol. The minimum absolute atomic E-state index is 0.0402. The molecule has 2 aliphatic heterocycles. The van der Waals surface area contributed by atoms with Gasteiger partial charge in [-0.25, -0.2) is 0 Å². The Labute approximate surface area is 191 Å². The van der Waals surface area contributed by atoms with Gasteiger partial charge in [0.2, 0.25) is 0 Å². The lowest BCUT2D eigenvalue weighted by Crippen LogP contribution is -2.40. The molecule has 0 radical (unpaired) electrons. The zero-order valence-corrected chi connectivity index (χ0v) is 19.7. The molecule has 1 saturated heterocycles. The molecule has 2 aromatic rings. The fraction of sp³-hybridized carbons (Fsp3) is 0.500. The van der Waals surface area contributed by atoms with Crippen molar-refractivity contribution in [2.45, 2.75) is 38.1 Å². The molecule has 4 rings (SSSR count). The Hall–Kier alpha value is -1.98. The van der Waals surface area contributed by atoms with Gasteiger partial charge >= 0.3 is 0 Å². The van der Waals surface area contributed by atoms with E-state index in [1.54, 1.807) is 0 Å². The Balaban J connectivity index is 1.32. The van der Waals surface area contributed by atoms with Gasteiger partial charge in [-0.2, -0.15) is 0 Å². The van der Waals surface area contributed by atoms with Crippen LogP contribution in [0.15, 0.2) is 53.4 Å². The van der Waals surface area contributed by atoms with Crippen molar-refractivity contribution in [1.29, 1.82) is 0 Å². The Bertz CT molecular complexity index is 862. The minimum Gasteiger partial charge on any atom is -0.365 e. The minimum atomic E-state index is 0.0402. The van der Waals surface area contributed by atoms with E-state index in [9.17, 15) is 4.79 Å². The molecule has 1 fully saturated rings. The van der Waals surface area contributed by atoms with E-state index in [2.05, 4.69) is 71.4 Å². The molecule has 0 aromatic heterocycles. The first-order valence-electron chi connectivity index (χ1n) is 11.6. The number of anilines is 1. The molecule has 1 N–H and O–H groups in total. The van der Waals surface area contributed by atoms with E-state index in [4.69, 9.17) is 0 Å².